The molecule has 1 amide bonds. The molecule has 0 spiro atoms. The van der Waals surface area contributed by atoms with Gasteiger partial charge in [-0.3, -0.25) is 4.79 Å². The molecular formula is C42H58Cl2N2O2. The molecule has 1 aliphatic rings. The lowest BCUT2D eigenvalue weighted by Crippen LogP contribution is -2.01. The number of unbranched alkanes of at least 4 members (excludes halogenated alkanes) is 18. The highest BCUT2D eigenvalue weighted by Gasteiger charge is 2.33. The number of aromatic nitrogens is 1. The number of rotatable bonds is 24. The highest BCUT2D eigenvalue weighted by molar-refractivity contribution is 6.33. The van der Waals surface area contributed by atoms with Crippen LogP contribution in [0.15, 0.2) is 41.4 Å². The van der Waals surface area contributed by atoms with Crippen LogP contribution < -0.4 is 0 Å². The Labute approximate surface area is 300 Å². The fraction of sp³-hybridized carbons (Fsp3) is 0.571. The van der Waals surface area contributed by atoms with Crippen LogP contribution in [0, 0.1) is 0 Å². The molecule has 4 nitrogen and oxygen atoms in total. The third-order valence-corrected chi connectivity index (χ3v) is 10.6. The second-order valence-electron chi connectivity index (χ2n) is 13.8. The van der Waals surface area contributed by atoms with E-state index in [-0.39, 0.29) is 11.8 Å². The van der Waals surface area contributed by atoms with Gasteiger partial charge in [0.2, 0.25) is 0 Å². The van der Waals surface area contributed by atoms with Gasteiger partial charge in [-0.1, -0.05) is 165 Å². The number of nitrogens with zero attached hydrogens (tertiary/aromatic N) is 1. The minimum atomic E-state index is -0.344. The summed E-state index contributed by atoms with van der Waals surface area (Å²) < 4.78 is 0. The summed E-state index contributed by atoms with van der Waals surface area (Å²) in [5.74, 6) is -0.383. The first-order valence-corrected chi connectivity index (χ1v) is 19.9. The van der Waals surface area contributed by atoms with Crippen molar-refractivity contribution in [2.45, 2.75) is 155 Å². The predicted octanol–water partition coefficient (Wildman–Crippen LogP) is 13.6. The summed E-state index contributed by atoms with van der Waals surface area (Å²) in [6.45, 7) is 4.52. The van der Waals surface area contributed by atoms with Gasteiger partial charge in [0, 0.05) is 15.6 Å². The normalized spacial score (nSPS) is 12.6. The minimum Gasteiger partial charge on any atom is -0.494 e. The maximum Gasteiger partial charge on any atom is 0.280 e. The van der Waals surface area contributed by atoms with Gasteiger partial charge in [-0.15, -0.1) is 0 Å². The number of hydrogen-bond acceptors (Lipinski definition) is 2. The van der Waals surface area contributed by atoms with Crippen molar-refractivity contribution < 1.29 is 9.90 Å². The van der Waals surface area contributed by atoms with E-state index in [0.717, 1.165) is 58.0 Å². The molecule has 0 saturated heterocycles. The van der Waals surface area contributed by atoms with Crippen molar-refractivity contribution in [2.24, 2.45) is 4.99 Å². The summed E-state index contributed by atoms with van der Waals surface area (Å²) in [4.78, 5) is 20.9. The van der Waals surface area contributed by atoms with E-state index in [1.54, 1.807) is 0 Å². The number of carbonyl (C=O) groups excluding carboxylic acids is 1. The molecule has 2 N–H and O–H groups in total. The third-order valence-electron chi connectivity index (χ3n) is 9.90. The fourth-order valence-corrected chi connectivity index (χ4v) is 7.44. The largest absolute Gasteiger partial charge is 0.494 e. The van der Waals surface area contributed by atoms with Crippen molar-refractivity contribution in [2.75, 3.05) is 0 Å². The lowest BCUT2D eigenvalue weighted by atomic mass is 9.96. The highest BCUT2D eigenvalue weighted by Crippen LogP contribution is 2.39. The molecule has 0 atom stereocenters. The van der Waals surface area contributed by atoms with E-state index in [2.05, 4.69) is 29.9 Å². The molecule has 4 rings (SSSR count). The van der Waals surface area contributed by atoms with Crippen LogP contribution in [0.1, 0.15) is 175 Å². The molecule has 0 unspecified atom stereocenters. The molecule has 1 aromatic heterocycles. The Morgan fingerprint density at radius 3 is 1.48 bits per heavy atom. The van der Waals surface area contributed by atoms with Crippen molar-refractivity contribution in [1.29, 1.82) is 0 Å². The number of hydrogen-bond donors (Lipinski definition) is 2. The number of benzene rings is 2. The van der Waals surface area contributed by atoms with E-state index in [9.17, 15) is 9.90 Å². The minimum absolute atomic E-state index is 0.0398. The van der Waals surface area contributed by atoms with Gasteiger partial charge in [0.05, 0.1) is 22.5 Å². The molecule has 2 heterocycles. The maximum atomic E-state index is 13.3. The molecular weight excluding hydrogens is 635 g/mol. The Bertz CT molecular complexity index is 1470. The van der Waals surface area contributed by atoms with Crippen molar-refractivity contribution >= 4 is 34.8 Å². The van der Waals surface area contributed by atoms with Crippen LogP contribution >= 0.6 is 23.2 Å². The molecule has 0 aliphatic carbocycles. The second kappa shape index (κ2) is 20.8. The van der Waals surface area contributed by atoms with Gasteiger partial charge >= 0.3 is 0 Å². The van der Waals surface area contributed by atoms with Crippen LogP contribution in [-0.4, -0.2) is 21.7 Å². The van der Waals surface area contributed by atoms with E-state index < -0.39 is 0 Å². The van der Waals surface area contributed by atoms with Crippen LogP contribution in [0.5, 0.6) is 5.88 Å². The summed E-state index contributed by atoms with van der Waals surface area (Å²) in [6.07, 6.45) is 27.5. The zero-order valence-electron chi connectivity index (χ0n) is 29.6. The molecule has 1 aliphatic heterocycles. The topological polar surface area (TPSA) is 65.5 Å². The Kier molecular flexibility index (Phi) is 16.6. The number of aryl methyl sites for hydroxylation is 2. The standard InChI is InChI=1S/C42H58Cl2N2O2/c1-3-5-7-9-11-13-15-17-19-21-23-31-29-33(25-27-35(31)43)39-37-38(42(48)45-39)40(46-41(37)47)34-26-28-36(44)32(30-34)24-22-20-18-16-14-12-10-8-6-4-2/h25-30,45,48H,3-24H2,1-2H3. The Hall–Kier alpha value is -2.56. The zero-order chi connectivity index (χ0) is 34.1. The Balaban J connectivity index is 1.34. The van der Waals surface area contributed by atoms with Crippen LogP contribution in [-0.2, 0) is 12.8 Å². The van der Waals surface area contributed by atoms with Crippen molar-refractivity contribution in [3.8, 4) is 17.1 Å². The number of aromatic amines is 1. The first-order chi connectivity index (χ1) is 23.4. The van der Waals surface area contributed by atoms with Crippen molar-refractivity contribution in [1.82, 2.24) is 4.98 Å². The van der Waals surface area contributed by atoms with Crippen molar-refractivity contribution in [3.63, 3.8) is 0 Å². The molecule has 3 aromatic rings. The van der Waals surface area contributed by atoms with Gasteiger partial charge in [-0.05, 0) is 66.6 Å². The third kappa shape index (κ3) is 11.2. The van der Waals surface area contributed by atoms with E-state index >= 15 is 0 Å². The quantitative estimate of drug-likeness (QED) is 0.0917. The predicted molar refractivity (Wildman–Crippen MR) is 205 cm³/mol. The summed E-state index contributed by atoms with van der Waals surface area (Å²) in [7, 11) is 0. The molecule has 0 saturated carbocycles. The smallest absolute Gasteiger partial charge is 0.280 e. The van der Waals surface area contributed by atoms with Gasteiger partial charge in [0.1, 0.15) is 0 Å². The lowest BCUT2D eigenvalue weighted by molar-refractivity contribution is 0.101. The number of aliphatic imine (C=N–C) groups is 1. The number of amides is 1. The van der Waals surface area contributed by atoms with Gasteiger partial charge < -0.3 is 10.1 Å². The molecule has 6 heteroatoms. The monoisotopic (exact) mass is 692 g/mol. The van der Waals surface area contributed by atoms with Crippen LogP contribution in [0.2, 0.25) is 10.0 Å². The Morgan fingerprint density at radius 2 is 1.00 bits per heavy atom. The number of carbonyl (C=O) groups is 1. The average molecular weight is 694 g/mol. The summed E-state index contributed by atoms with van der Waals surface area (Å²) in [5.41, 5.74) is 5.73. The van der Waals surface area contributed by atoms with Gasteiger partial charge in [-0.25, -0.2) is 4.99 Å². The number of halogens is 2. The zero-order valence-corrected chi connectivity index (χ0v) is 31.1. The summed E-state index contributed by atoms with van der Waals surface area (Å²) in [5, 5.41) is 12.5. The van der Waals surface area contributed by atoms with Crippen LogP contribution in [0.25, 0.3) is 11.3 Å². The second-order valence-corrected chi connectivity index (χ2v) is 14.7. The van der Waals surface area contributed by atoms with E-state index in [0.29, 0.717) is 22.5 Å². The summed E-state index contributed by atoms with van der Waals surface area (Å²) >= 11 is 13.2. The number of fused-ring (bicyclic) bond motifs is 1. The van der Waals surface area contributed by atoms with Crippen molar-refractivity contribution in [3.05, 3.63) is 74.3 Å². The molecule has 0 radical (unpaired) electrons. The van der Waals surface area contributed by atoms with E-state index in [1.165, 1.54) is 116 Å². The maximum absolute atomic E-state index is 13.3. The molecule has 262 valence electrons. The van der Waals surface area contributed by atoms with Gasteiger partial charge in [0.15, 0.2) is 5.88 Å². The first kappa shape index (κ1) is 38.2. The number of aromatic hydroxyl groups is 1. The van der Waals surface area contributed by atoms with Gasteiger partial charge in [0.25, 0.3) is 5.91 Å². The molecule has 2 aromatic carbocycles. The lowest BCUT2D eigenvalue weighted by Gasteiger charge is -2.09. The highest BCUT2D eigenvalue weighted by atomic mass is 35.5. The molecule has 0 fully saturated rings. The van der Waals surface area contributed by atoms with E-state index in [4.69, 9.17) is 23.2 Å². The van der Waals surface area contributed by atoms with Crippen LogP contribution in [0.3, 0.4) is 0 Å². The van der Waals surface area contributed by atoms with Crippen LogP contribution in [0.4, 0.5) is 0 Å². The number of nitrogens with one attached hydrogen (secondary N) is 1. The molecule has 0 bridgehead atoms. The number of H-pyrrole nitrogens is 1. The van der Waals surface area contributed by atoms with Gasteiger partial charge in [-0.2, -0.15) is 0 Å². The van der Waals surface area contributed by atoms with E-state index in [1.807, 2.05) is 30.3 Å². The Morgan fingerprint density at radius 1 is 0.583 bits per heavy atom. The summed E-state index contributed by atoms with van der Waals surface area (Å²) in [6, 6.07) is 11.7. The SMILES string of the molecule is CCCCCCCCCCCCc1cc(C2=NC(=O)c3c(-c4ccc(Cl)c(CCCCCCCCCCCC)c4)[nH]c(O)c32)ccc1Cl. The average Bonchev–Trinajstić information content (AvgIpc) is 3.61. The molecule has 48 heavy (non-hydrogen) atoms. The fourth-order valence-electron chi connectivity index (χ4n) is 7.01. The first-order valence-electron chi connectivity index (χ1n) is 19.1.